The number of hydrogen-bond acceptors (Lipinski definition) is 2. The molecule has 3 aromatic rings. The minimum absolute atomic E-state index is 0.0787. The van der Waals surface area contributed by atoms with E-state index in [4.69, 9.17) is 11.6 Å². The van der Waals surface area contributed by atoms with Crippen LogP contribution >= 0.6 is 11.6 Å². The van der Waals surface area contributed by atoms with E-state index in [1.807, 2.05) is 91.0 Å². The Bertz CT molecular complexity index is 954. The largest absolute Gasteiger partial charge is 0.351 e. The van der Waals surface area contributed by atoms with Crippen LogP contribution in [-0.4, -0.2) is 5.91 Å². The van der Waals surface area contributed by atoms with E-state index in [1.165, 1.54) is 0 Å². The van der Waals surface area contributed by atoms with E-state index >= 15 is 0 Å². The lowest BCUT2D eigenvalue weighted by Gasteiger charge is -2.25. The van der Waals surface area contributed by atoms with Crippen molar-refractivity contribution in [1.82, 2.24) is 0 Å². The highest BCUT2D eigenvalue weighted by molar-refractivity contribution is 6.31. The van der Waals surface area contributed by atoms with Gasteiger partial charge in [-0.05, 0) is 42.0 Å². The fourth-order valence-electron chi connectivity index (χ4n) is 3.14. The molecule has 1 aliphatic rings. The number of benzene rings is 3. The smallest absolute Gasteiger partial charge is 0.275 e. The van der Waals surface area contributed by atoms with Gasteiger partial charge in [0, 0.05) is 16.4 Å². The maximum Gasteiger partial charge on any atom is 0.275 e. The first-order chi connectivity index (χ1) is 12.7. The Labute approximate surface area is 157 Å². The predicted octanol–water partition coefficient (Wildman–Crippen LogP) is 5.42. The van der Waals surface area contributed by atoms with Crippen LogP contribution in [0.1, 0.15) is 11.6 Å². The molecule has 1 aliphatic heterocycles. The van der Waals surface area contributed by atoms with Gasteiger partial charge in [0.2, 0.25) is 0 Å². The molecule has 0 aliphatic carbocycles. The van der Waals surface area contributed by atoms with E-state index < -0.39 is 0 Å². The van der Waals surface area contributed by atoms with Crippen molar-refractivity contribution in [1.29, 1.82) is 0 Å². The molecule has 1 atom stereocenters. The van der Waals surface area contributed by atoms with Gasteiger partial charge in [-0.1, -0.05) is 66.2 Å². The number of rotatable bonds is 4. The van der Waals surface area contributed by atoms with E-state index in [0.717, 1.165) is 16.9 Å². The van der Waals surface area contributed by atoms with Crippen molar-refractivity contribution in [2.24, 2.45) is 0 Å². The summed E-state index contributed by atoms with van der Waals surface area (Å²) in [5.41, 5.74) is 3.16. The lowest BCUT2D eigenvalue weighted by atomic mass is 10.1. The summed E-state index contributed by atoms with van der Waals surface area (Å²) in [6.45, 7) is 0. The van der Waals surface area contributed by atoms with Gasteiger partial charge in [-0.15, -0.1) is 0 Å². The number of nitrogens with one attached hydrogen (secondary N) is 1. The number of para-hydroxylation sites is 2. The van der Waals surface area contributed by atoms with Gasteiger partial charge in [0.1, 0.15) is 5.70 Å². The van der Waals surface area contributed by atoms with E-state index in [9.17, 15) is 4.79 Å². The molecule has 0 bridgehead atoms. The molecule has 4 heteroatoms. The molecule has 0 unspecified atom stereocenters. The standard InChI is InChI=1S/C22H17ClN2O/c23-19-14-8-7-13-18(19)21-15-20(24-16-9-3-1-4-10-16)22(26)25(21)17-11-5-2-6-12-17/h1-15,21,24H/t21-/m0/s1. The lowest BCUT2D eigenvalue weighted by molar-refractivity contribution is -0.114. The summed E-state index contributed by atoms with van der Waals surface area (Å²) >= 11 is 6.43. The molecule has 4 rings (SSSR count). The first kappa shape index (κ1) is 16.4. The highest BCUT2D eigenvalue weighted by atomic mass is 35.5. The summed E-state index contributed by atoms with van der Waals surface area (Å²) < 4.78 is 0. The van der Waals surface area contributed by atoms with Crippen molar-refractivity contribution in [2.75, 3.05) is 10.2 Å². The zero-order valence-corrected chi connectivity index (χ0v) is 14.7. The van der Waals surface area contributed by atoms with E-state index in [0.29, 0.717) is 10.7 Å². The number of halogens is 1. The second-order valence-corrected chi connectivity index (χ2v) is 6.46. The topological polar surface area (TPSA) is 32.3 Å². The number of anilines is 2. The Kier molecular flexibility index (Phi) is 4.46. The molecular formula is C22H17ClN2O. The van der Waals surface area contributed by atoms with Gasteiger partial charge in [-0.3, -0.25) is 9.69 Å². The Balaban J connectivity index is 1.76. The van der Waals surface area contributed by atoms with Crippen LogP contribution in [0.4, 0.5) is 11.4 Å². The monoisotopic (exact) mass is 360 g/mol. The van der Waals surface area contributed by atoms with E-state index in [1.54, 1.807) is 4.90 Å². The minimum atomic E-state index is -0.259. The molecule has 3 nitrogen and oxygen atoms in total. The van der Waals surface area contributed by atoms with Gasteiger partial charge < -0.3 is 5.32 Å². The van der Waals surface area contributed by atoms with E-state index in [-0.39, 0.29) is 11.9 Å². The first-order valence-electron chi connectivity index (χ1n) is 8.41. The fraction of sp³-hybridized carbons (Fsp3) is 0.0455. The Morgan fingerprint density at radius 3 is 2.12 bits per heavy atom. The molecule has 0 radical (unpaired) electrons. The third-order valence-corrected chi connectivity index (χ3v) is 4.71. The molecule has 3 aromatic carbocycles. The fourth-order valence-corrected chi connectivity index (χ4v) is 3.39. The van der Waals surface area contributed by atoms with Gasteiger partial charge in [-0.2, -0.15) is 0 Å². The van der Waals surface area contributed by atoms with E-state index in [2.05, 4.69) is 5.32 Å². The molecule has 0 spiro atoms. The van der Waals surface area contributed by atoms with Crippen molar-refractivity contribution in [3.05, 3.63) is 107 Å². The minimum Gasteiger partial charge on any atom is -0.351 e. The third kappa shape index (κ3) is 3.09. The number of carbonyl (C=O) groups is 1. The molecule has 0 saturated carbocycles. The molecule has 1 amide bonds. The van der Waals surface area contributed by atoms with Crippen LogP contribution in [0, 0.1) is 0 Å². The summed E-state index contributed by atoms with van der Waals surface area (Å²) in [7, 11) is 0. The van der Waals surface area contributed by atoms with Crippen LogP contribution in [0.2, 0.25) is 5.02 Å². The van der Waals surface area contributed by atoms with Gasteiger partial charge in [0.15, 0.2) is 0 Å². The molecule has 0 fully saturated rings. The molecule has 128 valence electrons. The number of hydrogen-bond donors (Lipinski definition) is 1. The van der Waals surface area contributed by atoms with Crippen LogP contribution in [0.15, 0.2) is 96.7 Å². The Morgan fingerprint density at radius 1 is 0.808 bits per heavy atom. The number of carbonyl (C=O) groups excluding carboxylic acids is 1. The summed E-state index contributed by atoms with van der Waals surface area (Å²) in [5.74, 6) is -0.0787. The molecule has 1 heterocycles. The molecule has 1 N–H and O–H groups in total. The zero-order valence-electron chi connectivity index (χ0n) is 14.0. The average Bonchev–Trinajstić information content (AvgIpc) is 3.00. The van der Waals surface area contributed by atoms with Crippen molar-refractivity contribution in [3.8, 4) is 0 Å². The normalized spacial score (nSPS) is 16.5. The van der Waals surface area contributed by atoms with Crippen molar-refractivity contribution in [3.63, 3.8) is 0 Å². The highest BCUT2D eigenvalue weighted by Crippen LogP contribution is 2.38. The van der Waals surface area contributed by atoms with Crippen LogP contribution < -0.4 is 10.2 Å². The van der Waals surface area contributed by atoms with Crippen molar-refractivity contribution < 1.29 is 4.79 Å². The molecule has 26 heavy (non-hydrogen) atoms. The maximum absolute atomic E-state index is 13.2. The molecule has 0 saturated heterocycles. The molecule has 0 aromatic heterocycles. The second kappa shape index (κ2) is 7.06. The van der Waals surface area contributed by atoms with Crippen LogP contribution in [0.3, 0.4) is 0 Å². The maximum atomic E-state index is 13.2. The van der Waals surface area contributed by atoms with Crippen LogP contribution in [0.25, 0.3) is 0 Å². The van der Waals surface area contributed by atoms with Gasteiger partial charge in [0.05, 0.1) is 6.04 Å². The predicted molar refractivity (Wildman–Crippen MR) is 106 cm³/mol. The van der Waals surface area contributed by atoms with Crippen LogP contribution in [-0.2, 0) is 4.79 Å². The second-order valence-electron chi connectivity index (χ2n) is 6.05. The lowest BCUT2D eigenvalue weighted by Crippen LogP contribution is -2.30. The summed E-state index contributed by atoms with van der Waals surface area (Å²) in [6, 6.07) is 26.7. The Hall–Kier alpha value is -3.04. The summed E-state index contributed by atoms with van der Waals surface area (Å²) in [4.78, 5) is 14.9. The molecular weight excluding hydrogens is 344 g/mol. The Morgan fingerprint density at radius 2 is 1.42 bits per heavy atom. The van der Waals surface area contributed by atoms with Gasteiger partial charge in [0.25, 0.3) is 5.91 Å². The number of nitrogens with zero attached hydrogens (tertiary/aromatic N) is 1. The highest BCUT2D eigenvalue weighted by Gasteiger charge is 2.35. The zero-order chi connectivity index (χ0) is 17.9. The summed E-state index contributed by atoms with van der Waals surface area (Å²) in [6.07, 6.45) is 1.93. The quantitative estimate of drug-likeness (QED) is 0.673. The van der Waals surface area contributed by atoms with Crippen LogP contribution in [0.5, 0.6) is 0 Å². The first-order valence-corrected chi connectivity index (χ1v) is 8.79. The van der Waals surface area contributed by atoms with Gasteiger partial charge >= 0.3 is 0 Å². The third-order valence-electron chi connectivity index (χ3n) is 4.36. The van der Waals surface area contributed by atoms with Crippen molar-refractivity contribution >= 4 is 28.9 Å². The van der Waals surface area contributed by atoms with Crippen molar-refractivity contribution in [2.45, 2.75) is 6.04 Å². The number of amides is 1. The average molecular weight is 361 g/mol. The SMILES string of the molecule is O=C1C(Nc2ccccc2)=C[C@@H](c2ccccc2Cl)N1c1ccccc1. The van der Waals surface area contributed by atoms with Gasteiger partial charge in [-0.25, -0.2) is 0 Å². The summed E-state index contributed by atoms with van der Waals surface area (Å²) in [5, 5.41) is 3.88.